The molecule has 7 nitrogen and oxygen atoms in total. The highest BCUT2D eigenvalue weighted by atomic mass is 16.2. The standard InChI is InChI=1S/C19H27N5O2/c1-13(2)12-20-18(25)16-14-8-5-6-10-23(14)17(21-16)15-9-7-11-24(15)19(26)22(3)4/h5-6,8,10,13,15H,7,9,11-12H2,1-4H3,(H,20,25)/t15-/m0/s1. The Balaban J connectivity index is 1.99. The SMILES string of the molecule is CC(C)CNC(=O)c1nc([C@@H]2CCCN2C(=O)N(C)C)n2ccccc12. The van der Waals surface area contributed by atoms with Crippen LogP contribution >= 0.6 is 0 Å². The summed E-state index contributed by atoms with van der Waals surface area (Å²) in [5, 5.41) is 2.94. The molecular formula is C19H27N5O2. The Hall–Kier alpha value is -2.57. The van der Waals surface area contributed by atoms with Gasteiger partial charge in [0.25, 0.3) is 5.91 Å². The maximum Gasteiger partial charge on any atom is 0.320 e. The maximum atomic E-state index is 12.6. The molecule has 0 aromatic carbocycles. The number of pyridine rings is 1. The molecule has 0 spiro atoms. The summed E-state index contributed by atoms with van der Waals surface area (Å²) in [4.78, 5) is 33.3. The van der Waals surface area contributed by atoms with Crippen molar-refractivity contribution in [3.63, 3.8) is 0 Å². The second kappa shape index (κ2) is 7.35. The highest BCUT2D eigenvalue weighted by Crippen LogP contribution is 2.33. The second-order valence-corrected chi connectivity index (χ2v) is 7.41. The number of rotatable bonds is 4. The summed E-state index contributed by atoms with van der Waals surface area (Å²) in [7, 11) is 3.51. The fourth-order valence-corrected chi connectivity index (χ4v) is 3.37. The number of likely N-dealkylation sites (tertiary alicyclic amines) is 1. The van der Waals surface area contributed by atoms with Gasteiger partial charge in [-0.3, -0.25) is 4.79 Å². The van der Waals surface area contributed by atoms with Crippen LogP contribution in [0.1, 0.15) is 49.0 Å². The number of nitrogens with zero attached hydrogens (tertiary/aromatic N) is 4. The van der Waals surface area contributed by atoms with Gasteiger partial charge in [-0.1, -0.05) is 19.9 Å². The summed E-state index contributed by atoms with van der Waals surface area (Å²) in [6.07, 6.45) is 3.69. The summed E-state index contributed by atoms with van der Waals surface area (Å²) < 4.78 is 1.94. The van der Waals surface area contributed by atoms with Crippen molar-refractivity contribution in [2.24, 2.45) is 5.92 Å². The zero-order valence-corrected chi connectivity index (χ0v) is 15.9. The molecule has 1 N–H and O–H groups in total. The van der Waals surface area contributed by atoms with Gasteiger partial charge < -0.3 is 19.5 Å². The molecule has 3 amide bonds. The lowest BCUT2D eigenvalue weighted by atomic mass is 10.2. The fourth-order valence-electron chi connectivity index (χ4n) is 3.37. The van der Waals surface area contributed by atoms with Gasteiger partial charge in [-0.2, -0.15) is 0 Å². The molecule has 2 aromatic heterocycles. The van der Waals surface area contributed by atoms with Gasteiger partial charge in [0, 0.05) is 33.4 Å². The van der Waals surface area contributed by atoms with Crippen LogP contribution < -0.4 is 5.32 Å². The van der Waals surface area contributed by atoms with E-state index in [-0.39, 0.29) is 18.0 Å². The monoisotopic (exact) mass is 357 g/mol. The van der Waals surface area contributed by atoms with Gasteiger partial charge in [-0.05, 0) is 30.9 Å². The predicted octanol–water partition coefficient (Wildman–Crippen LogP) is 2.54. The van der Waals surface area contributed by atoms with Gasteiger partial charge in [-0.15, -0.1) is 0 Å². The first-order valence-corrected chi connectivity index (χ1v) is 9.13. The van der Waals surface area contributed by atoms with E-state index in [9.17, 15) is 9.59 Å². The average molecular weight is 357 g/mol. The number of fused-ring (bicyclic) bond motifs is 1. The smallest absolute Gasteiger partial charge is 0.320 e. The number of aromatic nitrogens is 2. The molecule has 1 aliphatic rings. The van der Waals surface area contributed by atoms with Crippen molar-refractivity contribution in [2.45, 2.75) is 32.7 Å². The van der Waals surface area contributed by atoms with Crippen LogP contribution in [-0.2, 0) is 0 Å². The third-order valence-electron chi connectivity index (χ3n) is 4.64. The zero-order valence-electron chi connectivity index (χ0n) is 15.9. The molecule has 0 radical (unpaired) electrons. The van der Waals surface area contributed by atoms with Crippen molar-refractivity contribution in [1.82, 2.24) is 24.5 Å². The quantitative estimate of drug-likeness (QED) is 0.914. The third kappa shape index (κ3) is 3.38. The van der Waals surface area contributed by atoms with E-state index in [1.165, 1.54) is 0 Å². The van der Waals surface area contributed by atoms with Crippen molar-refractivity contribution >= 4 is 17.5 Å². The Morgan fingerprint density at radius 2 is 2.12 bits per heavy atom. The van der Waals surface area contributed by atoms with E-state index in [0.717, 1.165) is 24.2 Å². The van der Waals surface area contributed by atoms with Gasteiger partial charge >= 0.3 is 6.03 Å². The zero-order chi connectivity index (χ0) is 18.8. The minimum atomic E-state index is -0.169. The third-order valence-corrected chi connectivity index (χ3v) is 4.64. The molecule has 1 fully saturated rings. The summed E-state index contributed by atoms with van der Waals surface area (Å²) in [6, 6.07) is 5.57. The predicted molar refractivity (Wildman–Crippen MR) is 100 cm³/mol. The lowest BCUT2D eigenvalue weighted by Gasteiger charge is -2.27. The number of urea groups is 1. The molecule has 7 heteroatoms. The lowest BCUT2D eigenvalue weighted by Crippen LogP contribution is -2.39. The van der Waals surface area contributed by atoms with Crippen LogP contribution in [-0.4, -0.2) is 58.3 Å². The van der Waals surface area contributed by atoms with Crippen molar-refractivity contribution in [1.29, 1.82) is 0 Å². The van der Waals surface area contributed by atoms with Crippen LogP contribution in [0.25, 0.3) is 5.52 Å². The minimum absolute atomic E-state index is 0.0222. The van der Waals surface area contributed by atoms with Crippen molar-refractivity contribution in [2.75, 3.05) is 27.2 Å². The molecule has 26 heavy (non-hydrogen) atoms. The van der Waals surface area contributed by atoms with E-state index in [0.29, 0.717) is 24.7 Å². The molecule has 1 saturated heterocycles. The molecule has 1 aliphatic heterocycles. The van der Waals surface area contributed by atoms with E-state index < -0.39 is 0 Å². The molecule has 3 heterocycles. The van der Waals surface area contributed by atoms with E-state index in [2.05, 4.69) is 24.1 Å². The van der Waals surface area contributed by atoms with Crippen LogP contribution in [0, 0.1) is 5.92 Å². The Kier molecular flexibility index (Phi) is 5.15. The Bertz CT molecular complexity index is 811. The first-order valence-electron chi connectivity index (χ1n) is 9.13. The van der Waals surface area contributed by atoms with E-state index >= 15 is 0 Å². The van der Waals surface area contributed by atoms with E-state index in [4.69, 9.17) is 0 Å². The van der Waals surface area contributed by atoms with Gasteiger partial charge in [0.15, 0.2) is 5.69 Å². The van der Waals surface area contributed by atoms with Crippen LogP contribution in [0.3, 0.4) is 0 Å². The molecular weight excluding hydrogens is 330 g/mol. The fraction of sp³-hybridized carbons (Fsp3) is 0.526. The first kappa shape index (κ1) is 18.2. The molecule has 1 atom stereocenters. The van der Waals surface area contributed by atoms with Gasteiger partial charge in [0.1, 0.15) is 5.82 Å². The van der Waals surface area contributed by atoms with E-state index in [1.54, 1.807) is 19.0 Å². The lowest BCUT2D eigenvalue weighted by molar-refractivity contribution is 0.0946. The van der Waals surface area contributed by atoms with Gasteiger partial charge in [-0.25, -0.2) is 9.78 Å². The number of nitrogens with one attached hydrogen (secondary N) is 1. The second-order valence-electron chi connectivity index (χ2n) is 7.41. The van der Waals surface area contributed by atoms with E-state index in [1.807, 2.05) is 33.7 Å². The Morgan fingerprint density at radius 1 is 1.35 bits per heavy atom. The topological polar surface area (TPSA) is 70.0 Å². The normalized spacial score (nSPS) is 17.1. The van der Waals surface area contributed by atoms with Crippen molar-refractivity contribution < 1.29 is 9.59 Å². The highest BCUT2D eigenvalue weighted by molar-refractivity contribution is 5.99. The average Bonchev–Trinajstić information content (AvgIpc) is 3.23. The number of carbonyl (C=O) groups is 2. The number of carbonyl (C=O) groups excluding carboxylic acids is 2. The maximum absolute atomic E-state index is 12.6. The Labute approximate surface area is 154 Å². The van der Waals surface area contributed by atoms with Gasteiger partial charge in [0.05, 0.1) is 11.6 Å². The molecule has 2 aromatic rings. The number of amides is 3. The largest absolute Gasteiger partial charge is 0.350 e. The first-order chi connectivity index (χ1) is 12.4. The van der Waals surface area contributed by atoms with Crippen LogP contribution in [0.4, 0.5) is 4.79 Å². The molecule has 0 bridgehead atoms. The summed E-state index contributed by atoms with van der Waals surface area (Å²) in [5.41, 5.74) is 1.19. The van der Waals surface area contributed by atoms with Crippen LogP contribution in [0.15, 0.2) is 24.4 Å². The summed E-state index contributed by atoms with van der Waals surface area (Å²) >= 11 is 0. The number of imidazole rings is 1. The molecule has 3 rings (SSSR count). The Morgan fingerprint density at radius 3 is 2.81 bits per heavy atom. The van der Waals surface area contributed by atoms with Crippen LogP contribution in [0.2, 0.25) is 0 Å². The van der Waals surface area contributed by atoms with Crippen molar-refractivity contribution in [3.8, 4) is 0 Å². The van der Waals surface area contributed by atoms with Crippen molar-refractivity contribution in [3.05, 3.63) is 35.9 Å². The molecule has 0 unspecified atom stereocenters. The number of hydrogen-bond donors (Lipinski definition) is 1. The highest BCUT2D eigenvalue weighted by Gasteiger charge is 2.34. The summed E-state index contributed by atoms with van der Waals surface area (Å²) in [5.74, 6) is 0.954. The summed E-state index contributed by atoms with van der Waals surface area (Å²) in [6.45, 7) is 5.42. The number of hydrogen-bond acceptors (Lipinski definition) is 3. The molecule has 140 valence electrons. The molecule has 0 saturated carbocycles. The van der Waals surface area contributed by atoms with Crippen LogP contribution in [0.5, 0.6) is 0 Å². The van der Waals surface area contributed by atoms with Gasteiger partial charge in [0.2, 0.25) is 0 Å². The minimum Gasteiger partial charge on any atom is -0.350 e. The molecule has 0 aliphatic carbocycles.